The molecule has 0 aliphatic heterocycles. The van der Waals surface area contributed by atoms with Crippen molar-refractivity contribution < 1.29 is 27.5 Å². The van der Waals surface area contributed by atoms with Crippen LogP contribution in [0, 0.1) is 5.41 Å². The molecule has 5 nitrogen and oxygen atoms in total. The number of nitrogens with zero attached hydrogens (tertiary/aromatic N) is 2. The third-order valence-corrected chi connectivity index (χ3v) is 7.34. The van der Waals surface area contributed by atoms with Crippen molar-refractivity contribution in [3.63, 3.8) is 0 Å². The van der Waals surface area contributed by atoms with E-state index in [-0.39, 0.29) is 31.1 Å². The van der Waals surface area contributed by atoms with Gasteiger partial charge in [0, 0.05) is 12.1 Å². The molecule has 0 spiro atoms. The number of halogens is 3. The number of carbonyl (C=O) groups excluding carboxylic acids is 2. The number of rotatable bonds is 7. The Morgan fingerprint density at radius 3 is 2.46 bits per heavy atom. The van der Waals surface area contributed by atoms with E-state index in [0.29, 0.717) is 16.4 Å². The second-order valence-corrected chi connectivity index (χ2v) is 9.99. The minimum absolute atomic E-state index is 0.0217. The van der Waals surface area contributed by atoms with Gasteiger partial charge in [-0.05, 0) is 69.2 Å². The van der Waals surface area contributed by atoms with Crippen LogP contribution >= 0.6 is 24.0 Å². The van der Waals surface area contributed by atoms with Crippen molar-refractivity contribution in [1.82, 2.24) is 5.01 Å². The lowest BCUT2D eigenvalue weighted by Crippen LogP contribution is -2.50. The first-order valence-electron chi connectivity index (χ1n) is 11.9. The van der Waals surface area contributed by atoms with Gasteiger partial charge in [0.15, 0.2) is 4.32 Å². The van der Waals surface area contributed by atoms with E-state index in [1.165, 1.54) is 33.9 Å². The van der Waals surface area contributed by atoms with Crippen molar-refractivity contribution >= 4 is 45.9 Å². The minimum atomic E-state index is -4.60. The number of alkyl halides is 3. The average Bonchev–Trinajstić information content (AvgIpc) is 2.91. The summed E-state index contributed by atoms with van der Waals surface area (Å²) in [5, 5.41) is 2.85. The highest BCUT2D eigenvalue weighted by molar-refractivity contribution is 8.22. The molecular weight excluding hydrogens is 521 g/mol. The third-order valence-electron chi connectivity index (χ3n) is 6.14. The summed E-state index contributed by atoms with van der Waals surface area (Å²) in [6.45, 7) is 1.97. The van der Waals surface area contributed by atoms with Crippen molar-refractivity contribution in [1.29, 1.82) is 0 Å². The highest BCUT2D eigenvalue weighted by atomic mass is 32.2. The lowest BCUT2D eigenvalue weighted by atomic mass is 9.76. The third kappa shape index (κ3) is 6.93. The normalized spacial score (nSPS) is 17.2. The second kappa shape index (κ2) is 12.6. The molecule has 198 valence electrons. The first-order chi connectivity index (χ1) is 17.6. The van der Waals surface area contributed by atoms with Crippen molar-refractivity contribution in [2.75, 3.05) is 24.4 Å². The van der Waals surface area contributed by atoms with Crippen molar-refractivity contribution in [2.24, 2.45) is 5.41 Å². The lowest BCUT2D eigenvalue weighted by molar-refractivity contribution is -0.153. The average molecular weight is 551 g/mol. The van der Waals surface area contributed by atoms with Crippen LogP contribution < -0.4 is 5.01 Å². The molecule has 1 unspecified atom stereocenters. The number of thioether (sulfide) groups is 1. The summed E-state index contributed by atoms with van der Waals surface area (Å²) in [5.41, 5.74) is -1.42. The van der Waals surface area contributed by atoms with E-state index in [1.54, 1.807) is 37.4 Å². The molecule has 2 aromatic rings. The Hall–Kier alpha value is -2.85. The zero-order valence-electron chi connectivity index (χ0n) is 20.7. The zero-order chi connectivity index (χ0) is 27.1. The number of ether oxygens (including phenoxy) is 1. The van der Waals surface area contributed by atoms with Gasteiger partial charge < -0.3 is 4.74 Å². The van der Waals surface area contributed by atoms with Gasteiger partial charge in [0.1, 0.15) is 0 Å². The minimum Gasteiger partial charge on any atom is -0.465 e. The van der Waals surface area contributed by atoms with Crippen molar-refractivity contribution in [3.8, 4) is 0 Å². The molecule has 1 aliphatic rings. The fourth-order valence-electron chi connectivity index (χ4n) is 4.26. The van der Waals surface area contributed by atoms with Crippen LogP contribution in [-0.2, 0) is 15.7 Å². The van der Waals surface area contributed by atoms with Crippen LogP contribution in [0.15, 0.2) is 66.7 Å². The Bertz CT molecular complexity index is 1140. The summed E-state index contributed by atoms with van der Waals surface area (Å²) < 4.78 is 46.0. The molecule has 0 bridgehead atoms. The summed E-state index contributed by atoms with van der Waals surface area (Å²) in [4.78, 5) is 26.9. The summed E-state index contributed by atoms with van der Waals surface area (Å²) in [7, 11) is 0. The van der Waals surface area contributed by atoms with E-state index in [0.717, 1.165) is 25.0 Å². The summed E-state index contributed by atoms with van der Waals surface area (Å²) in [5.74, 6) is -1.04. The van der Waals surface area contributed by atoms with Gasteiger partial charge in [-0.15, -0.1) is 0 Å². The number of esters is 1. The smallest absolute Gasteiger partial charge is 0.416 e. The van der Waals surface area contributed by atoms with E-state index in [9.17, 15) is 22.8 Å². The van der Waals surface area contributed by atoms with Crippen LogP contribution in [0.5, 0.6) is 0 Å². The van der Waals surface area contributed by atoms with Crippen molar-refractivity contribution in [2.45, 2.75) is 38.8 Å². The van der Waals surface area contributed by atoms with E-state index < -0.39 is 23.1 Å². The summed E-state index contributed by atoms with van der Waals surface area (Å²) in [6, 6.07) is 13.2. The van der Waals surface area contributed by atoms with Gasteiger partial charge in [-0.2, -0.15) is 13.2 Å². The van der Waals surface area contributed by atoms with Gasteiger partial charge in [0.05, 0.1) is 23.3 Å². The highest BCUT2D eigenvalue weighted by Crippen LogP contribution is 2.37. The predicted octanol–water partition coefficient (Wildman–Crippen LogP) is 6.90. The van der Waals surface area contributed by atoms with Crippen LogP contribution in [0.25, 0.3) is 0 Å². The number of carbonyl (C=O) groups is 2. The fourth-order valence-corrected chi connectivity index (χ4v) is 4.84. The molecule has 0 saturated heterocycles. The second-order valence-electron chi connectivity index (χ2n) is 8.55. The molecule has 10 heteroatoms. The van der Waals surface area contributed by atoms with Gasteiger partial charge in [0.25, 0.3) is 5.91 Å². The topological polar surface area (TPSA) is 49.9 Å². The molecule has 0 aromatic heterocycles. The summed E-state index contributed by atoms with van der Waals surface area (Å²) >= 11 is 6.82. The van der Waals surface area contributed by atoms with Crippen LogP contribution in [0.1, 0.15) is 48.5 Å². The maximum absolute atomic E-state index is 13.8. The Kier molecular flexibility index (Phi) is 9.78. The monoisotopic (exact) mass is 550 g/mol. The Balaban J connectivity index is 2.06. The number of benzene rings is 2. The van der Waals surface area contributed by atoms with Crippen molar-refractivity contribution in [3.05, 3.63) is 77.9 Å². The molecule has 0 heterocycles. The molecule has 37 heavy (non-hydrogen) atoms. The van der Waals surface area contributed by atoms with E-state index in [1.807, 2.05) is 18.2 Å². The number of thiocarbonyl (C=S) groups is 1. The van der Waals surface area contributed by atoms with E-state index in [4.69, 9.17) is 17.0 Å². The quantitative estimate of drug-likeness (QED) is 0.162. The maximum atomic E-state index is 13.8. The molecule has 1 aliphatic carbocycles. The van der Waals surface area contributed by atoms with E-state index >= 15 is 0 Å². The molecule has 3 rings (SSSR count). The Labute approximate surface area is 224 Å². The first kappa shape index (κ1) is 28.7. The number of allylic oxidation sites excluding steroid dienone is 1. The summed E-state index contributed by atoms with van der Waals surface area (Å²) in [6.07, 6.45) is 3.30. The van der Waals surface area contributed by atoms with Gasteiger partial charge in [-0.1, -0.05) is 60.4 Å². The van der Waals surface area contributed by atoms with Gasteiger partial charge in [-0.25, -0.2) is 10.0 Å². The Morgan fingerprint density at radius 2 is 1.86 bits per heavy atom. The van der Waals surface area contributed by atoms with Crippen LogP contribution in [-0.4, -0.2) is 40.6 Å². The number of amides is 1. The van der Waals surface area contributed by atoms with Crippen LogP contribution in [0.3, 0.4) is 0 Å². The number of hydrazine groups is 1. The molecule has 0 fully saturated rings. The van der Waals surface area contributed by atoms with Crippen LogP contribution in [0.4, 0.5) is 18.9 Å². The van der Waals surface area contributed by atoms with Gasteiger partial charge in [-0.3, -0.25) is 9.59 Å². The highest BCUT2D eigenvalue weighted by Gasteiger charge is 2.40. The number of hydrogen-bond acceptors (Lipinski definition) is 5. The Morgan fingerprint density at radius 1 is 1.14 bits per heavy atom. The number of hydrogen-bond donors (Lipinski definition) is 0. The molecule has 0 radical (unpaired) electrons. The molecule has 0 N–H and O–H groups in total. The lowest BCUT2D eigenvalue weighted by Gasteiger charge is -2.39. The molecule has 0 saturated carbocycles. The number of anilines is 1. The fraction of sp³-hybridized carbons (Fsp3) is 0.370. The molecular formula is C27H29F3N2O3S2. The maximum Gasteiger partial charge on any atom is 0.416 e. The van der Waals surface area contributed by atoms with Crippen LogP contribution in [0.2, 0.25) is 0 Å². The van der Waals surface area contributed by atoms with Gasteiger partial charge in [0.2, 0.25) is 0 Å². The first-order valence-corrected chi connectivity index (χ1v) is 13.5. The molecule has 1 amide bonds. The number of para-hydroxylation sites is 1. The largest absolute Gasteiger partial charge is 0.465 e. The van der Waals surface area contributed by atoms with Gasteiger partial charge >= 0.3 is 12.1 Å². The van der Waals surface area contributed by atoms with E-state index in [2.05, 4.69) is 0 Å². The standard InChI is InChI=1S/C27H29F3N2O3S2/c1-3-35-24(34)26(15-8-5-9-16-26)17-18-31(32(25(36)37-2)22-13-6-4-7-14-22)23(33)20-11-10-12-21(19-20)27(28,29)30/h4,6-8,10-15,19H,3,5,9,16-18H2,1-2H3. The SMILES string of the molecule is CCOC(=O)C1(CCN(C(=O)c2cccc(C(F)(F)F)c2)N(C(=S)SC)c2ccccc2)C=CCCC1. The zero-order valence-corrected chi connectivity index (χ0v) is 22.3. The molecule has 1 atom stereocenters. The molecule has 2 aromatic carbocycles. The predicted molar refractivity (Wildman–Crippen MR) is 144 cm³/mol.